The summed E-state index contributed by atoms with van der Waals surface area (Å²) in [6.07, 6.45) is 7.42. The number of benzene rings is 1. The molecule has 1 aliphatic heterocycles. The zero-order chi connectivity index (χ0) is 18.9. The van der Waals surface area contributed by atoms with Crippen molar-refractivity contribution in [1.29, 1.82) is 0 Å². The molecule has 1 aromatic carbocycles. The smallest absolute Gasteiger partial charge is 0.246 e. The van der Waals surface area contributed by atoms with Gasteiger partial charge in [-0.1, -0.05) is 0 Å². The van der Waals surface area contributed by atoms with E-state index in [0.717, 1.165) is 24.1 Å². The monoisotopic (exact) mass is 387 g/mol. The van der Waals surface area contributed by atoms with Crippen molar-refractivity contribution >= 4 is 10.0 Å². The standard InChI is InChI=1S/C18H18FN5O2S/c19-15-5-3-13(4-6-15)17-18(21-8-7-20-17)14-2-1-9-24(12-14)27(25,26)16-10-22-23-11-16/h3-8,10-11,14H,1-2,9,12H2,(H,22,23)/t14-/m1/s1. The van der Waals surface area contributed by atoms with Gasteiger partial charge in [0, 0.05) is 43.2 Å². The molecule has 0 unspecified atom stereocenters. The number of nitrogens with zero attached hydrogens (tertiary/aromatic N) is 4. The first kappa shape index (κ1) is 17.7. The van der Waals surface area contributed by atoms with Gasteiger partial charge >= 0.3 is 0 Å². The average molecular weight is 387 g/mol. The van der Waals surface area contributed by atoms with Crippen LogP contribution in [0.1, 0.15) is 24.5 Å². The topological polar surface area (TPSA) is 91.8 Å². The highest BCUT2D eigenvalue weighted by Gasteiger charge is 2.33. The van der Waals surface area contributed by atoms with Crippen LogP contribution < -0.4 is 0 Å². The van der Waals surface area contributed by atoms with Crippen molar-refractivity contribution in [3.8, 4) is 11.3 Å². The Kier molecular flexibility index (Phi) is 4.71. The van der Waals surface area contributed by atoms with Gasteiger partial charge in [0.15, 0.2) is 0 Å². The molecule has 2 aromatic heterocycles. The maximum atomic E-state index is 13.3. The quantitative estimate of drug-likeness (QED) is 0.743. The van der Waals surface area contributed by atoms with Crippen molar-refractivity contribution in [1.82, 2.24) is 24.5 Å². The molecule has 140 valence electrons. The van der Waals surface area contributed by atoms with Crippen LogP contribution >= 0.6 is 0 Å². The van der Waals surface area contributed by atoms with Gasteiger partial charge in [0.2, 0.25) is 10.0 Å². The minimum absolute atomic E-state index is 0.0887. The van der Waals surface area contributed by atoms with E-state index in [-0.39, 0.29) is 16.6 Å². The van der Waals surface area contributed by atoms with Crippen LogP contribution in [0.3, 0.4) is 0 Å². The van der Waals surface area contributed by atoms with E-state index in [0.29, 0.717) is 18.8 Å². The number of sulfonamides is 1. The van der Waals surface area contributed by atoms with Crippen molar-refractivity contribution < 1.29 is 12.8 Å². The third-order valence-corrected chi connectivity index (χ3v) is 6.56. The highest BCUT2D eigenvalue weighted by Crippen LogP contribution is 2.33. The van der Waals surface area contributed by atoms with Gasteiger partial charge in [0.05, 0.1) is 17.6 Å². The lowest BCUT2D eigenvalue weighted by Gasteiger charge is -2.31. The number of aromatic amines is 1. The van der Waals surface area contributed by atoms with E-state index in [1.807, 2.05) is 0 Å². The summed E-state index contributed by atoms with van der Waals surface area (Å²) in [5.74, 6) is -0.409. The van der Waals surface area contributed by atoms with Crippen LogP contribution in [0.4, 0.5) is 4.39 Å². The van der Waals surface area contributed by atoms with Crippen molar-refractivity contribution in [2.24, 2.45) is 0 Å². The molecule has 0 aliphatic carbocycles. The normalized spacial score (nSPS) is 18.5. The molecule has 4 rings (SSSR count). The van der Waals surface area contributed by atoms with Gasteiger partial charge in [-0.25, -0.2) is 12.8 Å². The fourth-order valence-corrected chi connectivity index (χ4v) is 4.82. The summed E-state index contributed by atoms with van der Waals surface area (Å²) in [7, 11) is -3.60. The van der Waals surface area contributed by atoms with Crippen LogP contribution in [0.25, 0.3) is 11.3 Å². The zero-order valence-corrected chi connectivity index (χ0v) is 15.2. The number of rotatable bonds is 4. The molecule has 1 atom stereocenters. The predicted octanol–water partition coefficient (Wildman–Crippen LogP) is 2.57. The molecule has 0 bridgehead atoms. The SMILES string of the molecule is O=S(=O)(c1cn[nH]c1)N1CCC[C@@H](c2nccnc2-c2ccc(F)cc2)C1. The molecule has 3 heterocycles. The Balaban J connectivity index is 1.65. The summed E-state index contributed by atoms with van der Waals surface area (Å²) in [4.78, 5) is 9.06. The van der Waals surface area contributed by atoms with Crippen LogP contribution in [0.2, 0.25) is 0 Å². The van der Waals surface area contributed by atoms with Gasteiger partial charge < -0.3 is 0 Å². The lowest BCUT2D eigenvalue weighted by Crippen LogP contribution is -2.39. The van der Waals surface area contributed by atoms with E-state index < -0.39 is 10.0 Å². The molecule has 3 aromatic rings. The first-order valence-corrected chi connectivity index (χ1v) is 10.1. The first-order valence-electron chi connectivity index (χ1n) is 8.61. The van der Waals surface area contributed by atoms with E-state index in [2.05, 4.69) is 20.2 Å². The van der Waals surface area contributed by atoms with E-state index in [9.17, 15) is 12.8 Å². The Morgan fingerprint density at radius 2 is 1.93 bits per heavy atom. The summed E-state index contributed by atoms with van der Waals surface area (Å²) in [5, 5.41) is 6.28. The van der Waals surface area contributed by atoms with Gasteiger partial charge in [-0.15, -0.1) is 0 Å². The third-order valence-electron chi connectivity index (χ3n) is 4.73. The molecule has 1 aliphatic rings. The van der Waals surface area contributed by atoms with Gasteiger partial charge in [-0.3, -0.25) is 15.1 Å². The molecule has 1 fully saturated rings. The second kappa shape index (κ2) is 7.16. The number of halogens is 1. The molecule has 9 heteroatoms. The lowest BCUT2D eigenvalue weighted by atomic mass is 9.92. The molecule has 27 heavy (non-hydrogen) atoms. The summed E-state index contributed by atoms with van der Waals surface area (Å²) in [5.41, 5.74) is 2.15. The van der Waals surface area contributed by atoms with E-state index in [1.165, 1.54) is 28.8 Å². The Hall–Kier alpha value is -2.65. The molecule has 1 saturated heterocycles. The summed E-state index contributed by atoms with van der Waals surface area (Å²) < 4.78 is 40.3. The molecule has 0 spiro atoms. The van der Waals surface area contributed by atoms with Crippen molar-refractivity contribution in [3.05, 3.63) is 60.6 Å². The third kappa shape index (κ3) is 3.47. The highest BCUT2D eigenvalue weighted by atomic mass is 32.2. The zero-order valence-electron chi connectivity index (χ0n) is 14.4. The number of H-pyrrole nitrogens is 1. The first-order chi connectivity index (χ1) is 13.1. The Bertz CT molecular complexity index is 1020. The minimum atomic E-state index is -3.60. The van der Waals surface area contributed by atoms with Crippen LogP contribution in [0.15, 0.2) is 53.9 Å². The van der Waals surface area contributed by atoms with Crippen LogP contribution in [-0.2, 0) is 10.0 Å². The van der Waals surface area contributed by atoms with Crippen LogP contribution in [0, 0.1) is 5.82 Å². The van der Waals surface area contributed by atoms with Crippen LogP contribution in [-0.4, -0.2) is 46.0 Å². The molecule has 7 nitrogen and oxygen atoms in total. The van der Waals surface area contributed by atoms with Crippen molar-refractivity contribution in [2.45, 2.75) is 23.7 Å². The highest BCUT2D eigenvalue weighted by molar-refractivity contribution is 7.89. The van der Waals surface area contributed by atoms with Crippen LogP contribution in [0.5, 0.6) is 0 Å². The largest absolute Gasteiger partial charge is 0.284 e. The van der Waals surface area contributed by atoms with E-state index >= 15 is 0 Å². The van der Waals surface area contributed by atoms with E-state index in [1.54, 1.807) is 24.5 Å². The molecular weight excluding hydrogens is 369 g/mol. The summed E-state index contributed by atoms with van der Waals surface area (Å²) >= 11 is 0. The molecule has 0 saturated carbocycles. The Morgan fingerprint density at radius 1 is 1.15 bits per heavy atom. The van der Waals surface area contributed by atoms with Gasteiger partial charge in [-0.2, -0.15) is 9.40 Å². The van der Waals surface area contributed by atoms with Gasteiger partial charge in [0.25, 0.3) is 0 Å². The number of piperidine rings is 1. The molecular formula is C18H18FN5O2S. The fraction of sp³-hybridized carbons (Fsp3) is 0.278. The van der Waals surface area contributed by atoms with Crippen molar-refractivity contribution in [3.63, 3.8) is 0 Å². The summed E-state index contributed by atoms with van der Waals surface area (Å²) in [6, 6.07) is 6.08. The molecule has 0 amide bonds. The summed E-state index contributed by atoms with van der Waals surface area (Å²) in [6.45, 7) is 0.774. The Morgan fingerprint density at radius 3 is 2.67 bits per heavy atom. The second-order valence-electron chi connectivity index (χ2n) is 6.43. The maximum absolute atomic E-state index is 13.3. The van der Waals surface area contributed by atoms with Gasteiger partial charge in [-0.05, 0) is 37.1 Å². The predicted molar refractivity (Wildman–Crippen MR) is 96.7 cm³/mol. The van der Waals surface area contributed by atoms with Crippen molar-refractivity contribution in [2.75, 3.05) is 13.1 Å². The molecule has 0 radical (unpaired) electrons. The number of hydrogen-bond acceptors (Lipinski definition) is 5. The Labute approximate surface area is 156 Å². The number of nitrogens with one attached hydrogen (secondary N) is 1. The maximum Gasteiger partial charge on any atom is 0.246 e. The lowest BCUT2D eigenvalue weighted by molar-refractivity contribution is 0.312. The van der Waals surface area contributed by atoms with Gasteiger partial charge in [0.1, 0.15) is 10.7 Å². The van der Waals surface area contributed by atoms with E-state index in [4.69, 9.17) is 0 Å². The number of hydrogen-bond donors (Lipinski definition) is 1. The molecule has 1 N–H and O–H groups in total. The second-order valence-corrected chi connectivity index (χ2v) is 8.37. The average Bonchev–Trinajstić information content (AvgIpc) is 3.24. The minimum Gasteiger partial charge on any atom is -0.284 e. The number of aromatic nitrogens is 4. The fourth-order valence-electron chi connectivity index (χ4n) is 3.39.